The third kappa shape index (κ3) is 5.06. The SMILES string of the molecule is CN(CCS(C)(=O)=O)C(=O)NC1(CC(=O)O)CCC1. The minimum atomic E-state index is -3.12. The van der Waals surface area contributed by atoms with Crippen LogP contribution in [0.25, 0.3) is 0 Å². The molecule has 0 bridgehead atoms. The van der Waals surface area contributed by atoms with E-state index in [0.717, 1.165) is 12.7 Å². The van der Waals surface area contributed by atoms with Crippen molar-refractivity contribution < 1.29 is 23.1 Å². The van der Waals surface area contributed by atoms with E-state index in [1.165, 1.54) is 11.9 Å². The zero-order valence-electron chi connectivity index (χ0n) is 11.2. The summed E-state index contributed by atoms with van der Waals surface area (Å²) in [5.74, 6) is -1.05. The Bertz CT molecular complexity index is 456. The van der Waals surface area contributed by atoms with Gasteiger partial charge in [-0.1, -0.05) is 0 Å². The average molecular weight is 292 g/mol. The van der Waals surface area contributed by atoms with E-state index < -0.39 is 27.4 Å². The van der Waals surface area contributed by atoms with Gasteiger partial charge in [0.25, 0.3) is 0 Å². The summed E-state index contributed by atoms with van der Waals surface area (Å²) in [6.07, 6.45) is 3.19. The Hall–Kier alpha value is -1.31. The van der Waals surface area contributed by atoms with E-state index in [4.69, 9.17) is 5.11 Å². The molecule has 0 aliphatic heterocycles. The van der Waals surface area contributed by atoms with Gasteiger partial charge in [0, 0.05) is 19.8 Å². The summed E-state index contributed by atoms with van der Waals surface area (Å²) in [4.78, 5) is 23.9. The van der Waals surface area contributed by atoms with Crippen molar-refractivity contribution in [1.82, 2.24) is 10.2 Å². The van der Waals surface area contributed by atoms with Gasteiger partial charge in [0.15, 0.2) is 0 Å². The van der Waals surface area contributed by atoms with Crippen molar-refractivity contribution in [1.29, 1.82) is 0 Å². The molecular formula is C11H20N2O5S. The second-order valence-corrected chi connectivity index (χ2v) is 7.45. The molecule has 7 nitrogen and oxygen atoms in total. The van der Waals surface area contributed by atoms with Gasteiger partial charge in [0.2, 0.25) is 0 Å². The molecule has 1 saturated carbocycles. The highest BCUT2D eigenvalue weighted by atomic mass is 32.2. The van der Waals surface area contributed by atoms with Crippen LogP contribution in [0.2, 0.25) is 0 Å². The lowest BCUT2D eigenvalue weighted by Gasteiger charge is -2.42. The number of aliphatic carboxylic acids is 1. The van der Waals surface area contributed by atoms with Crippen molar-refractivity contribution in [3.8, 4) is 0 Å². The number of nitrogens with zero attached hydrogens (tertiary/aromatic N) is 1. The number of hydrogen-bond acceptors (Lipinski definition) is 4. The number of hydrogen-bond donors (Lipinski definition) is 2. The summed E-state index contributed by atoms with van der Waals surface area (Å²) in [7, 11) is -1.63. The van der Waals surface area contributed by atoms with Crippen molar-refractivity contribution in [3.63, 3.8) is 0 Å². The number of urea groups is 1. The zero-order valence-corrected chi connectivity index (χ0v) is 12.0. The Balaban J connectivity index is 2.51. The van der Waals surface area contributed by atoms with Crippen LogP contribution in [0.5, 0.6) is 0 Å². The maximum absolute atomic E-state index is 11.9. The maximum Gasteiger partial charge on any atom is 0.317 e. The molecule has 0 aromatic carbocycles. The van der Waals surface area contributed by atoms with Crippen molar-refractivity contribution in [2.24, 2.45) is 0 Å². The van der Waals surface area contributed by atoms with Crippen LogP contribution in [0.15, 0.2) is 0 Å². The van der Waals surface area contributed by atoms with Gasteiger partial charge in [0.05, 0.1) is 17.7 Å². The number of nitrogens with one attached hydrogen (secondary N) is 1. The summed E-state index contributed by atoms with van der Waals surface area (Å²) in [6.45, 7) is 0.0911. The number of carboxylic acids is 1. The van der Waals surface area contributed by atoms with Crippen LogP contribution >= 0.6 is 0 Å². The fraction of sp³-hybridized carbons (Fsp3) is 0.818. The Morgan fingerprint density at radius 3 is 2.32 bits per heavy atom. The quantitative estimate of drug-likeness (QED) is 0.721. The predicted octanol–water partition coefficient (Wildman–Crippen LogP) is 0.0698. The van der Waals surface area contributed by atoms with Crippen molar-refractivity contribution in [3.05, 3.63) is 0 Å². The van der Waals surface area contributed by atoms with Crippen LogP contribution < -0.4 is 5.32 Å². The normalized spacial score (nSPS) is 17.4. The highest BCUT2D eigenvalue weighted by Gasteiger charge is 2.40. The molecule has 2 amide bonds. The molecule has 2 N–H and O–H groups in total. The molecule has 0 aromatic heterocycles. The summed E-state index contributed by atoms with van der Waals surface area (Å²) in [6, 6.07) is -0.426. The van der Waals surface area contributed by atoms with E-state index in [9.17, 15) is 18.0 Å². The van der Waals surface area contributed by atoms with E-state index in [0.29, 0.717) is 12.8 Å². The van der Waals surface area contributed by atoms with Crippen LogP contribution in [0.1, 0.15) is 25.7 Å². The second kappa shape index (κ2) is 5.77. The van der Waals surface area contributed by atoms with E-state index in [-0.39, 0.29) is 18.7 Å². The molecule has 0 unspecified atom stereocenters. The highest BCUT2D eigenvalue weighted by Crippen LogP contribution is 2.35. The van der Waals surface area contributed by atoms with Crippen LogP contribution in [-0.2, 0) is 14.6 Å². The molecule has 1 fully saturated rings. The van der Waals surface area contributed by atoms with Crippen LogP contribution in [0.4, 0.5) is 4.79 Å². The lowest BCUT2D eigenvalue weighted by molar-refractivity contribution is -0.139. The first-order valence-corrected chi connectivity index (χ1v) is 8.12. The first-order valence-electron chi connectivity index (χ1n) is 6.06. The monoisotopic (exact) mass is 292 g/mol. The molecule has 0 atom stereocenters. The lowest BCUT2D eigenvalue weighted by atomic mass is 9.74. The molecule has 0 heterocycles. The topological polar surface area (TPSA) is 104 Å². The van der Waals surface area contributed by atoms with Gasteiger partial charge in [-0.3, -0.25) is 4.79 Å². The molecule has 110 valence electrons. The van der Waals surface area contributed by atoms with E-state index >= 15 is 0 Å². The number of carbonyl (C=O) groups excluding carboxylic acids is 1. The summed E-state index contributed by atoms with van der Waals surface area (Å²) in [5.41, 5.74) is -0.664. The second-order valence-electron chi connectivity index (χ2n) is 5.19. The van der Waals surface area contributed by atoms with Gasteiger partial charge < -0.3 is 15.3 Å². The Kier molecular flexibility index (Phi) is 4.78. The molecule has 0 spiro atoms. The Morgan fingerprint density at radius 2 is 1.95 bits per heavy atom. The van der Waals surface area contributed by atoms with Gasteiger partial charge in [0.1, 0.15) is 9.84 Å². The minimum absolute atomic E-state index is 0.0911. The minimum Gasteiger partial charge on any atom is -0.481 e. The summed E-state index contributed by atoms with van der Waals surface area (Å²) in [5, 5.41) is 11.5. The highest BCUT2D eigenvalue weighted by molar-refractivity contribution is 7.90. The predicted molar refractivity (Wildman–Crippen MR) is 69.7 cm³/mol. The molecule has 0 aromatic rings. The van der Waals surface area contributed by atoms with Gasteiger partial charge in [-0.2, -0.15) is 0 Å². The fourth-order valence-corrected chi connectivity index (χ4v) is 2.57. The molecule has 1 aliphatic rings. The first-order chi connectivity index (χ1) is 8.64. The first kappa shape index (κ1) is 15.7. The maximum atomic E-state index is 11.9. The largest absolute Gasteiger partial charge is 0.481 e. The van der Waals surface area contributed by atoms with E-state index in [1.807, 2.05) is 0 Å². The van der Waals surface area contributed by atoms with E-state index in [2.05, 4.69) is 5.32 Å². The van der Waals surface area contributed by atoms with Gasteiger partial charge in [-0.15, -0.1) is 0 Å². The molecule has 19 heavy (non-hydrogen) atoms. The molecule has 1 aliphatic carbocycles. The molecular weight excluding hydrogens is 272 g/mol. The molecule has 8 heteroatoms. The number of amides is 2. The van der Waals surface area contributed by atoms with Crippen molar-refractivity contribution in [2.45, 2.75) is 31.2 Å². The van der Waals surface area contributed by atoms with E-state index in [1.54, 1.807) is 0 Å². The lowest BCUT2D eigenvalue weighted by Crippen LogP contribution is -2.57. The van der Waals surface area contributed by atoms with Crippen molar-refractivity contribution >= 4 is 21.8 Å². The number of sulfone groups is 1. The van der Waals surface area contributed by atoms with Crippen LogP contribution in [-0.4, -0.2) is 61.6 Å². The van der Waals surface area contributed by atoms with Crippen LogP contribution in [0.3, 0.4) is 0 Å². The average Bonchev–Trinajstić information content (AvgIpc) is 2.20. The van der Waals surface area contributed by atoms with Crippen LogP contribution in [0, 0.1) is 0 Å². The smallest absolute Gasteiger partial charge is 0.317 e. The molecule has 0 saturated heterocycles. The third-order valence-electron chi connectivity index (χ3n) is 3.32. The summed E-state index contributed by atoms with van der Waals surface area (Å²) < 4.78 is 22.0. The standard InChI is InChI=1S/C11H20N2O5S/c1-13(6-7-19(2,17)18)10(16)12-11(4-3-5-11)8-9(14)15/h3-8H2,1-2H3,(H,12,16)(H,14,15). The van der Waals surface area contributed by atoms with Gasteiger partial charge in [-0.05, 0) is 19.3 Å². The Morgan fingerprint density at radius 1 is 1.37 bits per heavy atom. The summed E-state index contributed by atoms with van der Waals surface area (Å²) >= 11 is 0. The molecule has 0 radical (unpaired) electrons. The number of rotatable bonds is 6. The fourth-order valence-electron chi connectivity index (χ4n) is 1.97. The van der Waals surface area contributed by atoms with Gasteiger partial charge in [-0.25, -0.2) is 13.2 Å². The zero-order chi connectivity index (χ0) is 14.7. The number of carboxylic acid groups (broad SMARTS) is 1. The third-order valence-corrected chi connectivity index (χ3v) is 4.24. The number of carbonyl (C=O) groups is 2. The molecule has 1 rings (SSSR count). The van der Waals surface area contributed by atoms with Gasteiger partial charge >= 0.3 is 12.0 Å². The Labute approximate surface area is 112 Å². The van der Waals surface area contributed by atoms with Crippen molar-refractivity contribution in [2.75, 3.05) is 25.6 Å².